The lowest BCUT2D eigenvalue weighted by atomic mass is 9.98. The molecule has 0 saturated heterocycles. The molecule has 0 bridgehead atoms. The van der Waals surface area contributed by atoms with Gasteiger partial charge in [-0.2, -0.15) is 0 Å². The highest BCUT2D eigenvalue weighted by Crippen LogP contribution is 2.36. The van der Waals surface area contributed by atoms with E-state index in [9.17, 15) is 0 Å². The van der Waals surface area contributed by atoms with E-state index in [1.165, 1.54) is 44.1 Å². The molecule has 0 spiro atoms. The fourth-order valence-electron chi connectivity index (χ4n) is 4.23. The zero-order chi connectivity index (χ0) is 17.8. The van der Waals surface area contributed by atoms with Gasteiger partial charge in [0, 0.05) is 16.3 Å². The van der Waals surface area contributed by atoms with E-state index in [1.807, 2.05) is 0 Å². The molecule has 2 nitrogen and oxygen atoms in total. The molecule has 26 heavy (non-hydrogen) atoms. The number of fused-ring (bicyclic) bond motifs is 6. The molecule has 0 atom stereocenters. The molecule has 0 aliphatic heterocycles. The molecule has 3 aromatic carbocycles. The van der Waals surface area contributed by atoms with Gasteiger partial charge >= 0.3 is 0 Å². The largest absolute Gasteiger partial charge is 0.291 e. The van der Waals surface area contributed by atoms with E-state index < -0.39 is 0 Å². The van der Waals surface area contributed by atoms with E-state index in [0.29, 0.717) is 0 Å². The van der Waals surface area contributed by atoms with Crippen molar-refractivity contribution in [3.63, 3.8) is 0 Å². The van der Waals surface area contributed by atoms with Crippen LogP contribution in [0.15, 0.2) is 66.7 Å². The molecule has 2 heteroatoms. The molecule has 5 aromatic rings. The van der Waals surface area contributed by atoms with Gasteiger partial charge in [0.2, 0.25) is 0 Å². The van der Waals surface area contributed by atoms with E-state index in [-0.39, 0.29) is 0 Å². The first-order valence-electron chi connectivity index (χ1n) is 9.02. The molecular formula is C24H20N2. The van der Waals surface area contributed by atoms with Crippen LogP contribution in [0.25, 0.3) is 38.6 Å². The van der Waals surface area contributed by atoms with Gasteiger partial charge in [-0.05, 0) is 43.4 Å². The van der Waals surface area contributed by atoms with Gasteiger partial charge in [0.05, 0.1) is 16.9 Å². The highest BCUT2D eigenvalue weighted by atomic mass is 15.0. The molecular weight excluding hydrogens is 316 g/mol. The number of nitrogens with zero attached hydrogens (tertiary/aromatic N) is 2. The summed E-state index contributed by atoms with van der Waals surface area (Å²) < 4.78 is 2.35. The van der Waals surface area contributed by atoms with Crippen LogP contribution in [0, 0.1) is 20.8 Å². The second-order valence-electron chi connectivity index (χ2n) is 7.03. The standard InChI is InChI=1S/C24H20N2/c1-15-9-8-10-16(2)22(15)23-17(3)25-24-20-13-5-4-11-18(20)19-12-6-7-14-21(19)26(23)24/h4-14H,1-3H3. The Morgan fingerprint density at radius 1 is 0.654 bits per heavy atom. The smallest absolute Gasteiger partial charge is 0.145 e. The summed E-state index contributed by atoms with van der Waals surface area (Å²) in [6, 6.07) is 23.7. The third-order valence-electron chi connectivity index (χ3n) is 5.37. The van der Waals surface area contributed by atoms with Gasteiger partial charge < -0.3 is 0 Å². The third kappa shape index (κ3) is 1.96. The Kier molecular flexibility index (Phi) is 3.17. The zero-order valence-corrected chi connectivity index (χ0v) is 15.2. The normalized spacial score (nSPS) is 11.7. The topological polar surface area (TPSA) is 17.3 Å². The first kappa shape index (κ1) is 15.2. The lowest BCUT2D eigenvalue weighted by Gasteiger charge is -2.14. The maximum atomic E-state index is 5.01. The van der Waals surface area contributed by atoms with Crippen molar-refractivity contribution in [2.75, 3.05) is 0 Å². The monoisotopic (exact) mass is 336 g/mol. The Morgan fingerprint density at radius 3 is 2.00 bits per heavy atom. The molecule has 0 aliphatic carbocycles. The predicted octanol–water partition coefficient (Wildman–Crippen LogP) is 6.23. The summed E-state index contributed by atoms with van der Waals surface area (Å²) in [6.07, 6.45) is 0. The number of hydrogen-bond acceptors (Lipinski definition) is 1. The lowest BCUT2D eigenvalue weighted by Crippen LogP contribution is -1.97. The fraction of sp³-hybridized carbons (Fsp3) is 0.125. The van der Waals surface area contributed by atoms with Crippen LogP contribution >= 0.6 is 0 Å². The number of aromatic nitrogens is 2. The Morgan fingerprint density at radius 2 is 1.27 bits per heavy atom. The van der Waals surface area contributed by atoms with Crippen LogP contribution < -0.4 is 0 Å². The molecule has 0 saturated carbocycles. The van der Waals surface area contributed by atoms with Crippen LogP contribution in [0.2, 0.25) is 0 Å². The van der Waals surface area contributed by atoms with Gasteiger partial charge in [0.1, 0.15) is 5.65 Å². The van der Waals surface area contributed by atoms with Gasteiger partial charge in [0.25, 0.3) is 0 Å². The molecule has 0 aliphatic rings. The van der Waals surface area contributed by atoms with Gasteiger partial charge in [-0.15, -0.1) is 0 Å². The number of para-hydroxylation sites is 1. The van der Waals surface area contributed by atoms with E-state index in [0.717, 1.165) is 11.3 Å². The fourth-order valence-corrected chi connectivity index (χ4v) is 4.23. The molecule has 0 unspecified atom stereocenters. The zero-order valence-electron chi connectivity index (χ0n) is 15.2. The molecule has 0 amide bonds. The van der Waals surface area contributed by atoms with Gasteiger partial charge in [-0.1, -0.05) is 60.7 Å². The van der Waals surface area contributed by atoms with E-state index in [4.69, 9.17) is 4.98 Å². The van der Waals surface area contributed by atoms with Crippen molar-refractivity contribution in [1.82, 2.24) is 9.38 Å². The molecule has 0 N–H and O–H groups in total. The van der Waals surface area contributed by atoms with Crippen LogP contribution in [0.5, 0.6) is 0 Å². The van der Waals surface area contributed by atoms with Crippen molar-refractivity contribution >= 4 is 27.3 Å². The minimum absolute atomic E-state index is 1.04. The quantitative estimate of drug-likeness (QED) is 0.332. The molecule has 0 radical (unpaired) electrons. The van der Waals surface area contributed by atoms with Crippen molar-refractivity contribution in [3.8, 4) is 11.3 Å². The van der Waals surface area contributed by atoms with Crippen molar-refractivity contribution in [2.24, 2.45) is 0 Å². The van der Waals surface area contributed by atoms with Crippen LogP contribution in [0.3, 0.4) is 0 Å². The number of hydrogen-bond donors (Lipinski definition) is 0. The van der Waals surface area contributed by atoms with E-state index in [2.05, 4.69) is 91.9 Å². The lowest BCUT2D eigenvalue weighted by molar-refractivity contribution is 1.24. The maximum absolute atomic E-state index is 5.01. The minimum atomic E-state index is 1.04. The molecule has 0 fully saturated rings. The second-order valence-corrected chi connectivity index (χ2v) is 7.03. The van der Waals surface area contributed by atoms with Gasteiger partial charge in [-0.25, -0.2) is 4.98 Å². The van der Waals surface area contributed by atoms with Crippen molar-refractivity contribution in [1.29, 1.82) is 0 Å². The third-order valence-corrected chi connectivity index (χ3v) is 5.37. The highest BCUT2D eigenvalue weighted by molar-refractivity contribution is 6.12. The summed E-state index contributed by atoms with van der Waals surface area (Å²) in [4.78, 5) is 5.01. The minimum Gasteiger partial charge on any atom is -0.291 e. The summed E-state index contributed by atoms with van der Waals surface area (Å²) in [7, 11) is 0. The predicted molar refractivity (Wildman–Crippen MR) is 110 cm³/mol. The van der Waals surface area contributed by atoms with E-state index >= 15 is 0 Å². The van der Waals surface area contributed by atoms with Crippen molar-refractivity contribution in [2.45, 2.75) is 20.8 Å². The number of imidazole rings is 1. The van der Waals surface area contributed by atoms with Crippen LogP contribution in [-0.4, -0.2) is 9.38 Å². The summed E-state index contributed by atoms with van der Waals surface area (Å²) in [6.45, 7) is 6.49. The Balaban J connectivity index is 2.10. The molecule has 5 rings (SSSR count). The summed E-state index contributed by atoms with van der Waals surface area (Å²) >= 11 is 0. The van der Waals surface area contributed by atoms with Crippen LogP contribution in [0.4, 0.5) is 0 Å². The average Bonchev–Trinajstić information content (AvgIpc) is 2.99. The van der Waals surface area contributed by atoms with Crippen molar-refractivity contribution < 1.29 is 0 Å². The first-order chi connectivity index (χ1) is 12.7. The number of aryl methyl sites for hydroxylation is 3. The number of rotatable bonds is 1. The summed E-state index contributed by atoms with van der Waals surface area (Å²) in [5, 5.41) is 3.72. The molecule has 126 valence electrons. The van der Waals surface area contributed by atoms with Crippen LogP contribution in [-0.2, 0) is 0 Å². The SMILES string of the molecule is Cc1cccc(C)c1-c1c(C)nc2c3ccccc3c3ccccc3n12. The average molecular weight is 336 g/mol. The maximum Gasteiger partial charge on any atom is 0.145 e. The van der Waals surface area contributed by atoms with E-state index in [1.54, 1.807) is 0 Å². The Labute approximate surface area is 152 Å². The van der Waals surface area contributed by atoms with Gasteiger partial charge in [-0.3, -0.25) is 4.40 Å². The Bertz CT molecular complexity index is 1290. The number of pyridine rings is 1. The molecule has 2 heterocycles. The number of benzene rings is 3. The van der Waals surface area contributed by atoms with Crippen LogP contribution in [0.1, 0.15) is 16.8 Å². The highest BCUT2D eigenvalue weighted by Gasteiger charge is 2.19. The van der Waals surface area contributed by atoms with Crippen molar-refractivity contribution in [3.05, 3.63) is 83.6 Å². The second kappa shape index (κ2) is 5.43. The summed E-state index contributed by atoms with van der Waals surface area (Å²) in [5.41, 5.74) is 8.38. The molecule has 2 aromatic heterocycles. The Hall–Kier alpha value is -3.13. The summed E-state index contributed by atoms with van der Waals surface area (Å²) in [5.74, 6) is 0. The first-order valence-corrected chi connectivity index (χ1v) is 9.02. The van der Waals surface area contributed by atoms with Gasteiger partial charge in [0.15, 0.2) is 0 Å².